The number of allylic oxidation sites excluding steroid dienone is 1. The van der Waals surface area contributed by atoms with Crippen LogP contribution in [0.2, 0.25) is 0 Å². The molecule has 0 amide bonds. The van der Waals surface area contributed by atoms with Gasteiger partial charge < -0.3 is 9.72 Å². The lowest BCUT2D eigenvalue weighted by molar-refractivity contribution is 0.0854. The van der Waals surface area contributed by atoms with Crippen molar-refractivity contribution < 1.29 is 4.74 Å². The van der Waals surface area contributed by atoms with E-state index in [1.807, 2.05) is 0 Å². The maximum atomic E-state index is 8.82. The zero-order valence-electron chi connectivity index (χ0n) is 21.4. The number of nitrogens with one attached hydrogen (secondary N) is 1. The molecule has 2 heterocycles. The second kappa shape index (κ2) is 11.5. The van der Waals surface area contributed by atoms with Crippen LogP contribution in [0.15, 0.2) is 72.8 Å². The van der Waals surface area contributed by atoms with Gasteiger partial charge in [-0.2, -0.15) is 5.26 Å². The van der Waals surface area contributed by atoms with Crippen LogP contribution >= 0.6 is 22.6 Å². The second-order valence-corrected chi connectivity index (χ2v) is 11.0. The predicted octanol–water partition coefficient (Wildman–Crippen LogP) is 7.67. The molecule has 0 unspecified atom stereocenters. The van der Waals surface area contributed by atoms with Crippen LogP contribution in [-0.2, 0) is 0 Å². The van der Waals surface area contributed by atoms with Crippen molar-refractivity contribution in [1.29, 1.82) is 5.26 Å². The smallest absolute Gasteiger partial charge is 0.119 e. The SMILES string of the molecule is CC/C(=C(/c1ccc(OCCN2CC(CC#N)C2)cc1)c1cc2ccccc2[nH]1)c1ccc(I)cc1C. The Morgan fingerprint density at radius 3 is 2.57 bits per heavy atom. The summed E-state index contributed by atoms with van der Waals surface area (Å²) < 4.78 is 7.32. The number of rotatable bonds is 9. The Kier molecular flexibility index (Phi) is 7.97. The minimum Gasteiger partial charge on any atom is -0.492 e. The van der Waals surface area contributed by atoms with E-state index in [2.05, 4.69) is 125 Å². The fraction of sp³-hybridized carbons (Fsp3) is 0.281. The zero-order chi connectivity index (χ0) is 25.8. The van der Waals surface area contributed by atoms with E-state index in [0.29, 0.717) is 18.9 Å². The Balaban J connectivity index is 1.43. The Labute approximate surface area is 233 Å². The molecule has 1 aliphatic heterocycles. The normalized spacial score (nSPS) is 14.8. The van der Waals surface area contributed by atoms with E-state index >= 15 is 0 Å². The average Bonchev–Trinajstić information content (AvgIpc) is 3.30. The molecule has 0 bridgehead atoms. The van der Waals surface area contributed by atoms with E-state index in [-0.39, 0.29) is 0 Å². The van der Waals surface area contributed by atoms with Gasteiger partial charge in [-0.05, 0) is 101 Å². The number of aryl methyl sites for hydroxylation is 1. The highest BCUT2D eigenvalue weighted by Gasteiger charge is 2.25. The first kappa shape index (κ1) is 25.6. The molecule has 37 heavy (non-hydrogen) atoms. The number of aromatic amines is 1. The third-order valence-electron chi connectivity index (χ3n) is 7.20. The molecular weight excluding hydrogens is 569 g/mol. The summed E-state index contributed by atoms with van der Waals surface area (Å²) in [6, 6.07) is 28.2. The molecule has 0 radical (unpaired) electrons. The van der Waals surface area contributed by atoms with Crippen LogP contribution in [0.25, 0.3) is 22.0 Å². The van der Waals surface area contributed by atoms with Crippen molar-refractivity contribution in [1.82, 2.24) is 9.88 Å². The van der Waals surface area contributed by atoms with Crippen LogP contribution in [-0.4, -0.2) is 36.1 Å². The summed E-state index contributed by atoms with van der Waals surface area (Å²) >= 11 is 2.38. The van der Waals surface area contributed by atoms with Crippen molar-refractivity contribution in [3.63, 3.8) is 0 Å². The first-order valence-electron chi connectivity index (χ1n) is 13.0. The van der Waals surface area contributed by atoms with Gasteiger partial charge in [0.2, 0.25) is 0 Å². The summed E-state index contributed by atoms with van der Waals surface area (Å²) in [5.74, 6) is 1.42. The largest absolute Gasteiger partial charge is 0.492 e. The van der Waals surface area contributed by atoms with Crippen molar-refractivity contribution >= 4 is 44.6 Å². The van der Waals surface area contributed by atoms with E-state index in [1.165, 1.54) is 36.8 Å². The number of ether oxygens (including phenoxy) is 1. The lowest BCUT2D eigenvalue weighted by Gasteiger charge is -2.37. The third kappa shape index (κ3) is 5.76. The number of benzene rings is 3. The quantitative estimate of drug-likeness (QED) is 0.158. The van der Waals surface area contributed by atoms with Crippen molar-refractivity contribution in [2.24, 2.45) is 5.92 Å². The summed E-state index contributed by atoms with van der Waals surface area (Å²) in [6.07, 6.45) is 1.58. The van der Waals surface area contributed by atoms with Crippen LogP contribution in [0.3, 0.4) is 0 Å². The lowest BCUT2D eigenvalue weighted by atomic mass is 9.89. The number of nitriles is 1. The zero-order valence-corrected chi connectivity index (χ0v) is 23.6. The van der Waals surface area contributed by atoms with Crippen molar-refractivity contribution in [3.8, 4) is 11.8 Å². The lowest BCUT2D eigenvalue weighted by Crippen LogP contribution is -2.47. The van der Waals surface area contributed by atoms with Gasteiger partial charge in [0.15, 0.2) is 0 Å². The van der Waals surface area contributed by atoms with Gasteiger partial charge in [-0.25, -0.2) is 0 Å². The van der Waals surface area contributed by atoms with Gasteiger partial charge in [0.1, 0.15) is 12.4 Å². The molecule has 1 fully saturated rings. The second-order valence-electron chi connectivity index (χ2n) is 9.80. The van der Waals surface area contributed by atoms with E-state index in [1.54, 1.807) is 0 Å². The topological polar surface area (TPSA) is 52.0 Å². The van der Waals surface area contributed by atoms with E-state index in [9.17, 15) is 0 Å². The van der Waals surface area contributed by atoms with E-state index < -0.39 is 0 Å². The molecule has 0 spiro atoms. The number of likely N-dealkylation sites (tertiary alicyclic amines) is 1. The third-order valence-corrected chi connectivity index (χ3v) is 7.87. The first-order chi connectivity index (χ1) is 18.1. The van der Waals surface area contributed by atoms with Crippen LogP contribution in [0.1, 0.15) is 42.1 Å². The maximum absolute atomic E-state index is 8.82. The molecule has 0 aliphatic carbocycles. The average molecular weight is 602 g/mol. The van der Waals surface area contributed by atoms with Gasteiger partial charge in [-0.1, -0.05) is 43.3 Å². The number of fused-ring (bicyclic) bond motifs is 1. The molecule has 0 saturated carbocycles. The van der Waals surface area contributed by atoms with E-state index in [0.717, 1.165) is 43.0 Å². The summed E-state index contributed by atoms with van der Waals surface area (Å²) in [6.45, 7) is 8.01. The highest BCUT2D eigenvalue weighted by molar-refractivity contribution is 14.1. The van der Waals surface area contributed by atoms with Crippen LogP contribution < -0.4 is 4.74 Å². The van der Waals surface area contributed by atoms with Gasteiger partial charge in [-0.3, -0.25) is 4.90 Å². The number of para-hydroxylation sites is 1. The highest BCUT2D eigenvalue weighted by Crippen LogP contribution is 2.37. The number of hydrogen-bond acceptors (Lipinski definition) is 3. The van der Waals surface area contributed by atoms with Crippen LogP contribution in [0, 0.1) is 27.7 Å². The number of aromatic nitrogens is 1. The molecule has 4 nitrogen and oxygen atoms in total. The van der Waals surface area contributed by atoms with Gasteiger partial charge in [0, 0.05) is 51.8 Å². The summed E-state index contributed by atoms with van der Waals surface area (Å²) in [5.41, 5.74) is 8.61. The Bertz CT molecular complexity index is 1420. The van der Waals surface area contributed by atoms with Crippen LogP contribution in [0.5, 0.6) is 5.75 Å². The molecule has 5 rings (SSSR count). The Hall–Kier alpha value is -3.08. The minimum absolute atomic E-state index is 0.531. The predicted molar refractivity (Wildman–Crippen MR) is 160 cm³/mol. The monoisotopic (exact) mass is 601 g/mol. The molecule has 1 aromatic heterocycles. The van der Waals surface area contributed by atoms with Gasteiger partial charge in [0.25, 0.3) is 0 Å². The van der Waals surface area contributed by atoms with Gasteiger partial charge >= 0.3 is 0 Å². The number of halogens is 1. The fourth-order valence-corrected chi connectivity index (χ4v) is 5.94. The molecule has 1 saturated heterocycles. The maximum Gasteiger partial charge on any atom is 0.119 e. The van der Waals surface area contributed by atoms with Crippen molar-refractivity contribution in [2.75, 3.05) is 26.2 Å². The van der Waals surface area contributed by atoms with Gasteiger partial charge in [-0.15, -0.1) is 0 Å². The van der Waals surface area contributed by atoms with Crippen LogP contribution in [0.4, 0.5) is 0 Å². The molecule has 4 aromatic rings. The highest BCUT2D eigenvalue weighted by atomic mass is 127. The molecule has 1 N–H and O–H groups in total. The molecule has 188 valence electrons. The van der Waals surface area contributed by atoms with Crippen molar-refractivity contribution in [3.05, 3.63) is 98.8 Å². The Morgan fingerprint density at radius 1 is 1.08 bits per heavy atom. The summed E-state index contributed by atoms with van der Waals surface area (Å²) in [7, 11) is 0. The van der Waals surface area contributed by atoms with Crippen molar-refractivity contribution in [2.45, 2.75) is 26.7 Å². The molecule has 0 atom stereocenters. The summed E-state index contributed by atoms with van der Waals surface area (Å²) in [5, 5.41) is 10.0. The standard InChI is InChI=1S/C32H32IN3O/c1-3-28(29-13-10-26(33)18-22(29)2)32(31-19-25-6-4-5-7-30(25)35-31)24-8-11-27(12-9-24)37-17-16-36-20-23(21-36)14-15-34/h4-13,18-19,23,35H,3,14,16-17,20-21H2,1-2H3/b32-28+. The number of hydrogen-bond donors (Lipinski definition) is 1. The minimum atomic E-state index is 0.531. The number of H-pyrrole nitrogens is 1. The Morgan fingerprint density at radius 2 is 1.86 bits per heavy atom. The van der Waals surface area contributed by atoms with Gasteiger partial charge in [0.05, 0.1) is 6.07 Å². The fourth-order valence-electron chi connectivity index (χ4n) is 5.30. The first-order valence-corrected chi connectivity index (χ1v) is 14.0. The van der Waals surface area contributed by atoms with E-state index in [4.69, 9.17) is 10.00 Å². The number of nitrogens with zero attached hydrogens (tertiary/aromatic N) is 2. The molecule has 5 heteroatoms. The summed E-state index contributed by atoms with van der Waals surface area (Å²) in [4.78, 5) is 6.03. The molecular formula is C32H32IN3O. The molecule has 3 aromatic carbocycles. The molecule has 1 aliphatic rings.